The summed E-state index contributed by atoms with van der Waals surface area (Å²) < 4.78 is 4.98. The number of allylic oxidation sites excluding steroid dienone is 2. The average molecular weight is 377 g/mol. The highest BCUT2D eigenvalue weighted by Crippen LogP contribution is 2.34. The summed E-state index contributed by atoms with van der Waals surface area (Å²) in [5.41, 5.74) is 2.45. The smallest absolute Gasteiger partial charge is 0.338 e. The Morgan fingerprint density at radius 2 is 1.96 bits per heavy atom. The second-order valence-corrected chi connectivity index (χ2v) is 6.52. The number of aromatic nitrogens is 2. The van der Waals surface area contributed by atoms with E-state index in [4.69, 9.17) is 27.9 Å². The van der Waals surface area contributed by atoms with Crippen LogP contribution in [0.15, 0.2) is 36.4 Å². The van der Waals surface area contributed by atoms with Crippen LogP contribution in [0.2, 0.25) is 10.3 Å². The van der Waals surface area contributed by atoms with Gasteiger partial charge in [-0.25, -0.2) is 14.8 Å². The minimum atomic E-state index is -0.358. The molecule has 0 fully saturated rings. The first-order valence-electron chi connectivity index (χ1n) is 8.27. The number of halogens is 2. The van der Waals surface area contributed by atoms with E-state index in [1.165, 1.54) is 0 Å². The highest BCUT2D eigenvalue weighted by molar-refractivity contribution is 6.33. The Morgan fingerprint density at radius 1 is 1.20 bits per heavy atom. The normalized spacial score (nSPS) is 16.7. The van der Waals surface area contributed by atoms with Gasteiger partial charge in [-0.15, -0.1) is 0 Å². The molecule has 25 heavy (non-hydrogen) atoms. The van der Waals surface area contributed by atoms with Gasteiger partial charge >= 0.3 is 5.97 Å². The van der Waals surface area contributed by atoms with Crippen molar-refractivity contribution >= 4 is 29.2 Å². The number of carbonyl (C=O) groups is 1. The molecule has 1 atom stereocenters. The fraction of sp³-hybridized carbons (Fsp3) is 0.316. The summed E-state index contributed by atoms with van der Waals surface area (Å²) in [4.78, 5) is 20.7. The van der Waals surface area contributed by atoms with Crippen molar-refractivity contribution in [3.8, 4) is 11.3 Å². The molecule has 0 N–H and O–H groups in total. The maximum absolute atomic E-state index is 11.7. The van der Waals surface area contributed by atoms with Gasteiger partial charge in [-0.1, -0.05) is 47.5 Å². The van der Waals surface area contributed by atoms with E-state index in [9.17, 15) is 4.79 Å². The number of carbonyl (C=O) groups excluding carboxylic acids is 1. The molecule has 0 spiro atoms. The second kappa shape index (κ2) is 7.98. The van der Waals surface area contributed by atoms with E-state index in [0.29, 0.717) is 28.2 Å². The van der Waals surface area contributed by atoms with Crippen LogP contribution >= 0.6 is 23.2 Å². The molecule has 1 heterocycles. The maximum Gasteiger partial charge on any atom is 0.338 e. The van der Waals surface area contributed by atoms with Gasteiger partial charge in [-0.3, -0.25) is 0 Å². The second-order valence-electron chi connectivity index (χ2n) is 5.80. The molecule has 3 rings (SSSR count). The number of rotatable bonds is 4. The Labute approximate surface area is 156 Å². The Morgan fingerprint density at radius 3 is 2.60 bits per heavy atom. The van der Waals surface area contributed by atoms with Crippen molar-refractivity contribution in [2.75, 3.05) is 6.61 Å². The third-order valence-corrected chi connectivity index (χ3v) is 4.65. The van der Waals surface area contributed by atoms with Gasteiger partial charge in [0, 0.05) is 11.5 Å². The van der Waals surface area contributed by atoms with E-state index in [-0.39, 0.29) is 11.9 Å². The van der Waals surface area contributed by atoms with Crippen LogP contribution in [0, 0.1) is 0 Å². The van der Waals surface area contributed by atoms with Crippen LogP contribution in [0.1, 0.15) is 48.2 Å². The highest BCUT2D eigenvalue weighted by atomic mass is 35.5. The van der Waals surface area contributed by atoms with Crippen molar-refractivity contribution in [1.29, 1.82) is 0 Å². The first-order chi connectivity index (χ1) is 12.1. The molecular formula is C19H18Cl2N2O2. The quantitative estimate of drug-likeness (QED) is 0.525. The van der Waals surface area contributed by atoms with Gasteiger partial charge < -0.3 is 4.74 Å². The third-order valence-electron chi connectivity index (χ3n) is 4.11. The molecule has 1 aromatic carbocycles. The molecule has 130 valence electrons. The van der Waals surface area contributed by atoms with Gasteiger partial charge in [-0.05, 0) is 38.3 Å². The topological polar surface area (TPSA) is 52.1 Å². The Bertz CT molecular complexity index is 804. The van der Waals surface area contributed by atoms with Crippen molar-refractivity contribution in [1.82, 2.24) is 9.97 Å². The van der Waals surface area contributed by atoms with Crippen LogP contribution in [0.25, 0.3) is 11.3 Å². The molecule has 1 aromatic heterocycles. The molecule has 0 amide bonds. The Kier molecular flexibility index (Phi) is 5.71. The number of ether oxygens (including phenoxy) is 1. The minimum absolute atomic E-state index is 0.159. The highest BCUT2D eigenvalue weighted by Gasteiger charge is 2.20. The molecule has 1 aliphatic carbocycles. The molecule has 0 saturated heterocycles. The predicted molar refractivity (Wildman–Crippen MR) is 99.2 cm³/mol. The van der Waals surface area contributed by atoms with Crippen molar-refractivity contribution < 1.29 is 9.53 Å². The van der Waals surface area contributed by atoms with Crippen LogP contribution in [0.4, 0.5) is 0 Å². The standard InChI is InChI=1S/C19H18Cl2N2O2/c1-2-25-19(24)14-10-8-13(9-11-14)16-18(21)22-15(17(20)23-16)12-6-4-3-5-7-12/h4,6,8-12H,2-3,5,7H2,1H3. The van der Waals surface area contributed by atoms with E-state index < -0.39 is 0 Å². The SMILES string of the molecule is CCOC(=O)c1ccc(-c2nc(Cl)c(C3C=CCCC3)nc2Cl)cc1. The van der Waals surface area contributed by atoms with Crippen LogP contribution in [0.3, 0.4) is 0 Å². The zero-order chi connectivity index (χ0) is 17.8. The molecule has 6 heteroatoms. The summed E-state index contributed by atoms with van der Waals surface area (Å²) in [5, 5.41) is 0.674. The fourth-order valence-electron chi connectivity index (χ4n) is 2.84. The zero-order valence-electron chi connectivity index (χ0n) is 13.8. The number of esters is 1. The van der Waals surface area contributed by atoms with Crippen molar-refractivity contribution in [3.05, 3.63) is 58.0 Å². The lowest BCUT2D eigenvalue weighted by Gasteiger charge is -2.17. The third kappa shape index (κ3) is 4.02. The Hall–Kier alpha value is -1.91. The summed E-state index contributed by atoms with van der Waals surface area (Å²) in [5.74, 6) is -0.199. The molecular weight excluding hydrogens is 359 g/mol. The van der Waals surface area contributed by atoms with Gasteiger partial charge in [-0.2, -0.15) is 0 Å². The molecule has 0 saturated carbocycles. The Balaban J connectivity index is 1.90. The lowest BCUT2D eigenvalue weighted by Crippen LogP contribution is -2.06. The van der Waals surface area contributed by atoms with Crippen LogP contribution in [-0.4, -0.2) is 22.5 Å². The lowest BCUT2D eigenvalue weighted by molar-refractivity contribution is 0.0526. The van der Waals surface area contributed by atoms with Gasteiger partial charge in [0.05, 0.1) is 17.9 Å². The molecule has 1 aliphatic rings. The van der Waals surface area contributed by atoms with Gasteiger partial charge in [0.1, 0.15) is 5.69 Å². The summed E-state index contributed by atoms with van der Waals surface area (Å²) in [6, 6.07) is 6.88. The number of hydrogen-bond acceptors (Lipinski definition) is 4. The lowest BCUT2D eigenvalue weighted by atomic mass is 9.93. The van der Waals surface area contributed by atoms with E-state index in [1.54, 1.807) is 31.2 Å². The van der Waals surface area contributed by atoms with E-state index in [2.05, 4.69) is 22.1 Å². The van der Waals surface area contributed by atoms with Gasteiger partial charge in [0.2, 0.25) is 0 Å². The number of hydrogen-bond donors (Lipinski definition) is 0. The van der Waals surface area contributed by atoms with Gasteiger partial charge in [0.25, 0.3) is 0 Å². The van der Waals surface area contributed by atoms with Crippen molar-refractivity contribution in [2.45, 2.75) is 32.1 Å². The first kappa shape index (κ1) is 17.9. The summed E-state index contributed by atoms with van der Waals surface area (Å²) in [6.07, 6.45) is 7.44. The maximum atomic E-state index is 11.7. The summed E-state index contributed by atoms with van der Waals surface area (Å²) >= 11 is 12.7. The van der Waals surface area contributed by atoms with Crippen LogP contribution in [-0.2, 0) is 4.74 Å². The largest absolute Gasteiger partial charge is 0.462 e. The van der Waals surface area contributed by atoms with E-state index >= 15 is 0 Å². The summed E-state index contributed by atoms with van der Waals surface area (Å²) in [6.45, 7) is 2.11. The molecule has 0 aliphatic heterocycles. The monoisotopic (exact) mass is 376 g/mol. The summed E-state index contributed by atoms with van der Waals surface area (Å²) in [7, 11) is 0. The number of nitrogens with zero attached hydrogens (tertiary/aromatic N) is 2. The first-order valence-corrected chi connectivity index (χ1v) is 9.03. The number of benzene rings is 1. The molecule has 1 unspecified atom stereocenters. The molecule has 0 radical (unpaired) electrons. The zero-order valence-corrected chi connectivity index (χ0v) is 15.3. The van der Waals surface area contributed by atoms with Crippen molar-refractivity contribution in [3.63, 3.8) is 0 Å². The van der Waals surface area contributed by atoms with Crippen molar-refractivity contribution in [2.24, 2.45) is 0 Å². The molecule has 2 aromatic rings. The minimum Gasteiger partial charge on any atom is -0.462 e. The van der Waals surface area contributed by atoms with E-state index in [1.807, 2.05) is 0 Å². The molecule has 4 nitrogen and oxygen atoms in total. The van der Waals surface area contributed by atoms with Crippen LogP contribution < -0.4 is 0 Å². The molecule has 0 bridgehead atoms. The fourth-order valence-corrected chi connectivity index (χ4v) is 3.35. The average Bonchev–Trinajstić information content (AvgIpc) is 2.64. The van der Waals surface area contributed by atoms with Crippen LogP contribution in [0.5, 0.6) is 0 Å². The predicted octanol–water partition coefficient (Wildman–Crippen LogP) is 5.45. The van der Waals surface area contributed by atoms with E-state index in [0.717, 1.165) is 30.5 Å². The van der Waals surface area contributed by atoms with Gasteiger partial charge in [0.15, 0.2) is 10.3 Å².